The van der Waals surface area contributed by atoms with Gasteiger partial charge in [0.2, 0.25) is 5.91 Å². The van der Waals surface area contributed by atoms with E-state index in [1.54, 1.807) is 38.3 Å². The molecule has 12 heteroatoms. The van der Waals surface area contributed by atoms with Crippen molar-refractivity contribution in [3.05, 3.63) is 47.0 Å². The molecule has 0 saturated carbocycles. The number of hydrogen-bond acceptors (Lipinski definition) is 9. The number of esters is 1. The summed E-state index contributed by atoms with van der Waals surface area (Å²) in [5.74, 6) is -1.12. The van der Waals surface area contributed by atoms with Crippen molar-refractivity contribution < 1.29 is 33.4 Å². The number of methoxy groups -OCH3 is 1. The lowest BCUT2D eigenvalue weighted by Crippen LogP contribution is -2.49. The van der Waals surface area contributed by atoms with Crippen LogP contribution in [0.5, 0.6) is 5.75 Å². The third-order valence-electron chi connectivity index (χ3n) is 6.12. The van der Waals surface area contributed by atoms with Gasteiger partial charge in [-0.2, -0.15) is 0 Å². The first kappa shape index (κ1) is 29.1. The van der Waals surface area contributed by atoms with Crippen LogP contribution < -0.4 is 15.4 Å². The maximum atomic E-state index is 13.4. The van der Waals surface area contributed by atoms with Crippen molar-refractivity contribution in [2.24, 2.45) is 5.41 Å². The number of carbonyl (C=O) groups is 4. The van der Waals surface area contributed by atoms with Gasteiger partial charge in [-0.25, -0.2) is 4.37 Å². The molecule has 1 aromatic heterocycles. The number of carbonyl (C=O) groups excluding carboxylic acids is 4. The van der Waals surface area contributed by atoms with E-state index in [1.165, 1.54) is 11.1 Å². The van der Waals surface area contributed by atoms with Gasteiger partial charge in [-0.15, -0.1) is 0 Å². The number of amides is 3. The number of rotatable bonds is 7. The Hall–Kier alpha value is -3.51. The zero-order chi connectivity index (χ0) is 27.4. The fraction of sp³-hybridized carbons (Fsp3) is 0.500. The zero-order valence-corrected chi connectivity index (χ0v) is 22.5. The van der Waals surface area contributed by atoms with Gasteiger partial charge in [-0.3, -0.25) is 19.2 Å². The average molecular weight is 547 g/mol. The molecular weight excluding hydrogens is 512 g/mol. The fourth-order valence-electron chi connectivity index (χ4n) is 4.22. The molecule has 3 rings (SSSR count). The molecule has 11 nitrogen and oxygen atoms in total. The number of nitrogens with zero attached hydrogens (tertiary/aromatic N) is 2. The molecule has 2 aromatic rings. The van der Waals surface area contributed by atoms with Crippen molar-refractivity contribution in [2.75, 3.05) is 53.1 Å². The van der Waals surface area contributed by atoms with Crippen molar-refractivity contribution in [3.63, 3.8) is 0 Å². The number of ether oxygens (including phenoxy) is 3. The molecule has 0 radical (unpaired) electrons. The smallest absolute Gasteiger partial charge is 0.314 e. The number of hydrogen-bond donors (Lipinski definition) is 2. The maximum Gasteiger partial charge on any atom is 0.314 e. The first-order valence-electron chi connectivity index (χ1n) is 12.5. The Kier molecular flexibility index (Phi) is 11.0. The van der Waals surface area contributed by atoms with Gasteiger partial charge in [0.25, 0.3) is 11.8 Å². The molecule has 206 valence electrons. The lowest BCUT2D eigenvalue weighted by atomic mass is 9.77. The monoisotopic (exact) mass is 546 g/mol. The summed E-state index contributed by atoms with van der Waals surface area (Å²) in [4.78, 5) is 53.6. The third-order valence-corrected chi connectivity index (χ3v) is 6.86. The van der Waals surface area contributed by atoms with Crippen molar-refractivity contribution >= 4 is 35.2 Å². The minimum Gasteiger partial charge on any atom is -0.484 e. The average Bonchev–Trinajstić information content (AvgIpc) is 3.45. The van der Waals surface area contributed by atoms with E-state index in [0.717, 1.165) is 17.1 Å². The van der Waals surface area contributed by atoms with Crippen LogP contribution in [0.15, 0.2) is 36.5 Å². The first-order chi connectivity index (χ1) is 18.4. The Morgan fingerprint density at radius 2 is 2.05 bits per heavy atom. The quantitative estimate of drug-likeness (QED) is 0.393. The van der Waals surface area contributed by atoms with Gasteiger partial charge in [0.15, 0.2) is 6.61 Å². The predicted octanol–water partition coefficient (Wildman–Crippen LogP) is 1.43. The molecule has 2 N–H and O–H groups in total. The van der Waals surface area contributed by atoms with E-state index in [1.807, 2.05) is 6.07 Å². The summed E-state index contributed by atoms with van der Waals surface area (Å²) in [7, 11) is 1.59. The molecule has 2 heterocycles. The zero-order valence-electron chi connectivity index (χ0n) is 21.7. The molecule has 38 heavy (non-hydrogen) atoms. The van der Waals surface area contributed by atoms with Gasteiger partial charge in [0, 0.05) is 39.5 Å². The van der Waals surface area contributed by atoms with Crippen molar-refractivity contribution in [1.82, 2.24) is 19.9 Å². The second-order valence-corrected chi connectivity index (χ2v) is 9.77. The van der Waals surface area contributed by atoms with Crippen LogP contribution in [0, 0.1) is 5.41 Å². The standard InChI is InChI=1S/C26H34N4O7S/c1-3-36-25(34)26(9-5-13-35-2)15-19-6-4-7-20(14-19)37-17-23(32)27-11-12-30(16-22(31)28-18-26)24(33)21-8-10-29-38-21/h4,6-8,10,14H,3,5,9,11-13,15-18H2,1-2H3,(H,27,32)(H,28,31). The van der Waals surface area contributed by atoms with Gasteiger partial charge in [-0.05, 0) is 61.5 Å². The number of aromatic nitrogens is 1. The molecular formula is C26H34N4O7S. The molecule has 1 atom stereocenters. The third kappa shape index (κ3) is 8.25. The van der Waals surface area contributed by atoms with Crippen LogP contribution in [0.1, 0.15) is 35.0 Å². The van der Waals surface area contributed by atoms with E-state index in [2.05, 4.69) is 15.0 Å². The van der Waals surface area contributed by atoms with Crippen LogP contribution in [0.2, 0.25) is 0 Å². The summed E-state index contributed by atoms with van der Waals surface area (Å²) in [5, 5.41) is 5.58. The van der Waals surface area contributed by atoms with Crippen LogP contribution in [-0.2, 0) is 30.3 Å². The summed E-state index contributed by atoms with van der Waals surface area (Å²) in [6.07, 6.45) is 2.74. The number of nitrogens with one attached hydrogen (secondary N) is 2. The predicted molar refractivity (Wildman–Crippen MR) is 140 cm³/mol. The minimum absolute atomic E-state index is 0.0127. The first-order valence-corrected chi connectivity index (χ1v) is 13.3. The Bertz CT molecular complexity index is 1100. The Morgan fingerprint density at radius 1 is 1.21 bits per heavy atom. The maximum absolute atomic E-state index is 13.4. The van der Waals surface area contributed by atoms with E-state index in [9.17, 15) is 19.2 Å². The number of fused-ring (bicyclic) bond motifs is 2. The van der Waals surface area contributed by atoms with Crippen molar-refractivity contribution in [3.8, 4) is 5.75 Å². The molecule has 0 saturated heterocycles. The summed E-state index contributed by atoms with van der Waals surface area (Å²) in [6.45, 7) is 2.13. The van der Waals surface area contributed by atoms with Gasteiger partial charge in [-0.1, -0.05) is 12.1 Å². The van der Waals surface area contributed by atoms with Crippen LogP contribution in [0.25, 0.3) is 0 Å². The van der Waals surface area contributed by atoms with Crippen molar-refractivity contribution in [1.29, 1.82) is 0 Å². The molecule has 1 aliphatic rings. The van der Waals surface area contributed by atoms with E-state index >= 15 is 0 Å². The van der Waals surface area contributed by atoms with E-state index < -0.39 is 17.3 Å². The van der Waals surface area contributed by atoms with Gasteiger partial charge in [0.1, 0.15) is 10.6 Å². The van der Waals surface area contributed by atoms with Crippen LogP contribution >= 0.6 is 11.5 Å². The molecule has 1 unspecified atom stereocenters. The van der Waals surface area contributed by atoms with Gasteiger partial charge < -0.3 is 29.7 Å². The highest BCUT2D eigenvalue weighted by Gasteiger charge is 2.40. The Balaban J connectivity index is 1.92. The number of benzene rings is 1. The highest BCUT2D eigenvalue weighted by molar-refractivity contribution is 7.08. The van der Waals surface area contributed by atoms with Crippen LogP contribution in [0.3, 0.4) is 0 Å². The lowest BCUT2D eigenvalue weighted by molar-refractivity contribution is -0.156. The molecule has 3 amide bonds. The SMILES string of the molecule is CCOC(=O)C1(CCCOC)CNC(=O)CN(C(=O)c2ccns2)CCNC(=O)COc2cccc(c2)C1. The molecule has 2 bridgehead atoms. The van der Waals surface area contributed by atoms with E-state index in [0.29, 0.717) is 30.1 Å². The Morgan fingerprint density at radius 3 is 2.79 bits per heavy atom. The summed E-state index contributed by atoms with van der Waals surface area (Å²) < 4.78 is 20.3. The largest absolute Gasteiger partial charge is 0.484 e. The minimum atomic E-state index is -1.08. The van der Waals surface area contributed by atoms with Crippen molar-refractivity contribution in [2.45, 2.75) is 26.2 Å². The molecule has 0 fully saturated rings. The highest BCUT2D eigenvalue weighted by atomic mass is 32.1. The van der Waals surface area contributed by atoms with E-state index in [-0.39, 0.29) is 57.6 Å². The summed E-state index contributed by atoms with van der Waals surface area (Å²) in [6, 6.07) is 8.73. The summed E-state index contributed by atoms with van der Waals surface area (Å²) >= 11 is 1.02. The molecule has 1 aromatic carbocycles. The molecule has 1 aliphatic heterocycles. The lowest BCUT2D eigenvalue weighted by Gasteiger charge is -2.32. The second kappa shape index (κ2) is 14.4. The molecule has 0 spiro atoms. The van der Waals surface area contributed by atoms with Gasteiger partial charge >= 0.3 is 5.97 Å². The highest BCUT2D eigenvalue weighted by Crippen LogP contribution is 2.32. The normalized spacial score (nSPS) is 19.2. The van der Waals surface area contributed by atoms with E-state index in [4.69, 9.17) is 14.2 Å². The Labute approximate surface area is 226 Å². The molecule has 0 aliphatic carbocycles. The fourth-order valence-corrected chi connectivity index (χ4v) is 4.79. The van der Waals surface area contributed by atoms with Crippen LogP contribution in [0.4, 0.5) is 0 Å². The summed E-state index contributed by atoms with van der Waals surface area (Å²) in [5.41, 5.74) is -0.291. The second-order valence-electron chi connectivity index (χ2n) is 8.94. The van der Waals surface area contributed by atoms with Gasteiger partial charge in [0.05, 0.1) is 18.6 Å². The van der Waals surface area contributed by atoms with Crippen LogP contribution in [-0.4, -0.2) is 86.1 Å². The topological polar surface area (TPSA) is 136 Å².